The highest BCUT2D eigenvalue weighted by Gasteiger charge is 2.22. The molecule has 1 atom stereocenters. The van der Waals surface area contributed by atoms with Gasteiger partial charge in [0.2, 0.25) is 0 Å². The Morgan fingerprint density at radius 1 is 1.16 bits per heavy atom. The van der Waals surface area contributed by atoms with E-state index < -0.39 is 0 Å². The number of benzene rings is 1. The number of carbonyl (C=O) groups excluding carboxylic acids is 2. The summed E-state index contributed by atoms with van der Waals surface area (Å²) in [5.74, 6) is -0.251. The van der Waals surface area contributed by atoms with Crippen molar-refractivity contribution in [3.63, 3.8) is 0 Å². The summed E-state index contributed by atoms with van der Waals surface area (Å²) in [6.45, 7) is 2.26. The normalized spacial score (nSPS) is 11.7. The summed E-state index contributed by atoms with van der Waals surface area (Å²) in [5.41, 5.74) is 2.93. The summed E-state index contributed by atoms with van der Waals surface area (Å²) in [6.07, 6.45) is 3.13. The smallest absolute Gasteiger partial charge is 0.267 e. The molecule has 2 aromatic heterocycles. The molecule has 0 bridgehead atoms. The first-order valence-electron chi connectivity index (χ1n) is 10.2. The van der Waals surface area contributed by atoms with Crippen LogP contribution in [0.5, 0.6) is 0 Å². The Labute approximate surface area is 187 Å². The third-order valence-corrected chi connectivity index (χ3v) is 5.48. The Bertz CT molecular complexity index is 1030. The van der Waals surface area contributed by atoms with Crippen LogP contribution in [0.2, 0.25) is 5.15 Å². The second-order valence-corrected chi connectivity index (χ2v) is 8.02. The molecule has 0 aliphatic rings. The number of aryl methyl sites for hydroxylation is 2. The molecule has 1 N–H and O–H groups in total. The summed E-state index contributed by atoms with van der Waals surface area (Å²) in [6, 6.07) is 16.9. The van der Waals surface area contributed by atoms with Gasteiger partial charge in [0.25, 0.3) is 11.8 Å². The van der Waals surface area contributed by atoms with Gasteiger partial charge in [-0.05, 0) is 49.6 Å². The van der Waals surface area contributed by atoms with Crippen molar-refractivity contribution in [3.8, 4) is 0 Å². The topological polar surface area (TPSA) is 67.2 Å². The molecule has 0 spiro atoms. The van der Waals surface area contributed by atoms with Crippen LogP contribution in [0.4, 0.5) is 0 Å². The van der Waals surface area contributed by atoms with Crippen molar-refractivity contribution >= 4 is 23.4 Å². The number of halogens is 1. The zero-order valence-electron chi connectivity index (χ0n) is 18.0. The third kappa shape index (κ3) is 5.95. The van der Waals surface area contributed by atoms with Gasteiger partial charge < -0.3 is 14.8 Å². The fourth-order valence-electron chi connectivity index (χ4n) is 3.58. The Morgan fingerprint density at radius 2 is 1.90 bits per heavy atom. The molecule has 7 heteroatoms. The molecule has 0 aliphatic heterocycles. The van der Waals surface area contributed by atoms with Crippen molar-refractivity contribution in [2.24, 2.45) is 7.05 Å². The van der Waals surface area contributed by atoms with Gasteiger partial charge in [-0.2, -0.15) is 0 Å². The number of nitrogens with zero attached hydrogens (tertiary/aromatic N) is 3. The first-order valence-corrected chi connectivity index (χ1v) is 10.6. The number of likely N-dealkylation sites (N-methyl/N-ethyl adjacent to an activating group) is 1. The zero-order valence-corrected chi connectivity index (χ0v) is 18.8. The lowest BCUT2D eigenvalue weighted by Crippen LogP contribution is -2.41. The standard InChI is InChI=1S/C24H27ClN4O2/c1-17-14-19(16-22(25)27-17)24(31)29(3)20(15-18-8-5-4-6-9-18)11-12-26-23(30)21-10-7-13-28(21)2/h4-10,13-14,16,20H,11-12,15H2,1-3H3,(H,26,30). The third-order valence-electron chi connectivity index (χ3n) is 5.29. The van der Waals surface area contributed by atoms with E-state index >= 15 is 0 Å². The summed E-state index contributed by atoms with van der Waals surface area (Å²) in [4.78, 5) is 31.5. The lowest BCUT2D eigenvalue weighted by atomic mass is 10.0. The highest BCUT2D eigenvalue weighted by molar-refractivity contribution is 6.29. The van der Waals surface area contributed by atoms with E-state index in [0.29, 0.717) is 41.5 Å². The number of hydrogen-bond acceptors (Lipinski definition) is 3. The summed E-state index contributed by atoms with van der Waals surface area (Å²) >= 11 is 6.06. The van der Waals surface area contributed by atoms with Crippen molar-refractivity contribution in [2.45, 2.75) is 25.8 Å². The molecule has 3 rings (SSSR count). The van der Waals surface area contributed by atoms with Gasteiger partial charge in [0.05, 0.1) is 0 Å². The molecule has 1 aromatic carbocycles. The first-order chi connectivity index (χ1) is 14.8. The van der Waals surface area contributed by atoms with E-state index in [2.05, 4.69) is 10.3 Å². The fourth-order valence-corrected chi connectivity index (χ4v) is 3.83. The van der Waals surface area contributed by atoms with E-state index in [1.165, 1.54) is 0 Å². The van der Waals surface area contributed by atoms with Gasteiger partial charge in [0, 0.05) is 44.1 Å². The number of carbonyl (C=O) groups is 2. The van der Waals surface area contributed by atoms with Crippen molar-refractivity contribution in [1.29, 1.82) is 0 Å². The van der Waals surface area contributed by atoms with Crippen molar-refractivity contribution in [1.82, 2.24) is 19.8 Å². The van der Waals surface area contributed by atoms with Crippen LogP contribution in [0.3, 0.4) is 0 Å². The SMILES string of the molecule is Cc1cc(C(=O)N(C)C(CCNC(=O)c2cccn2C)Cc2ccccc2)cc(Cl)n1. The van der Waals surface area contributed by atoms with Crippen molar-refractivity contribution in [3.05, 3.63) is 88.5 Å². The number of aromatic nitrogens is 2. The largest absolute Gasteiger partial charge is 0.351 e. The Kier molecular flexibility index (Phi) is 7.47. The molecular weight excluding hydrogens is 412 g/mol. The Hall–Kier alpha value is -3.12. The molecule has 0 radical (unpaired) electrons. The Balaban J connectivity index is 1.73. The minimum absolute atomic E-state index is 0.101. The zero-order chi connectivity index (χ0) is 22.4. The van der Waals surface area contributed by atoms with Crippen molar-refractivity contribution < 1.29 is 9.59 Å². The predicted octanol–water partition coefficient (Wildman–Crippen LogP) is 3.89. The van der Waals surface area contributed by atoms with Crippen LogP contribution in [0.15, 0.2) is 60.8 Å². The van der Waals surface area contributed by atoms with Crippen LogP contribution in [-0.4, -0.2) is 45.9 Å². The van der Waals surface area contributed by atoms with E-state index in [1.54, 1.807) is 34.7 Å². The maximum atomic E-state index is 13.2. The summed E-state index contributed by atoms with van der Waals surface area (Å²) in [5, 5.41) is 3.26. The maximum absolute atomic E-state index is 13.2. The molecule has 0 saturated carbocycles. The molecule has 0 fully saturated rings. The quantitative estimate of drug-likeness (QED) is 0.542. The van der Waals surface area contributed by atoms with Crippen LogP contribution >= 0.6 is 11.6 Å². The van der Waals surface area contributed by atoms with Gasteiger partial charge in [-0.25, -0.2) is 4.98 Å². The lowest BCUT2D eigenvalue weighted by molar-refractivity contribution is 0.0722. The molecule has 3 aromatic rings. The summed E-state index contributed by atoms with van der Waals surface area (Å²) in [7, 11) is 3.63. The number of nitrogens with one attached hydrogen (secondary N) is 1. The molecule has 2 heterocycles. The molecule has 0 aliphatic carbocycles. The van der Waals surface area contributed by atoms with Gasteiger partial charge >= 0.3 is 0 Å². The molecule has 2 amide bonds. The summed E-state index contributed by atoms with van der Waals surface area (Å²) < 4.78 is 1.78. The highest BCUT2D eigenvalue weighted by Crippen LogP contribution is 2.17. The average molecular weight is 439 g/mol. The highest BCUT2D eigenvalue weighted by atomic mass is 35.5. The maximum Gasteiger partial charge on any atom is 0.267 e. The van der Waals surface area contributed by atoms with Gasteiger partial charge in [-0.3, -0.25) is 9.59 Å². The van der Waals surface area contributed by atoms with Gasteiger partial charge in [0.15, 0.2) is 0 Å². The van der Waals surface area contributed by atoms with Gasteiger partial charge in [0.1, 0.15) is 10.8 Å². The molecule has 162 valence electrons. The predicted molar refractivity (Wildman–Crippen MR) is 122 cm³/mol. The van der Waals surface area contributed by atoms with E-state index in [1.807, 2.05) is 56.6 Å². The molecule has 1 unspecified atom stereocenters. The molecule has 6 nitrogen and oxygen atoms in total. The van der Waals surface area contributed by atoms with Gasteiger partial charge in [-0.1, -0.05) is 41.9 Å². The van der Waals surface area contributed by atoms with E-state index in [9.17, 15) is 9.59 Å². The minimum atomic E-state index is -0.128. The van der Waals surface area contributed by atoms with Crippen LogP contribution in [0.1, 0.15) is 38.5 Å². The molecule has 0 saturated heterocycles. The fraction of sp³-hybridized carbons (Fsp3) is 0.292. The van der Waals surface area contributed by atoms with E-state index in [-0.39, 0.29) is 17.9 Å². The number of rotatable bonds is 8. The number of pyridine rings is 1. The van der Waals surface area contributed by atoms with Crippen LogP contribution < -0.4 is 5.32 Å². The van der Waals surface area contributed by atoms with Crippen LogP contribution in [-0.2, 0) is 13.5 Å². The molecule has 31 heavy (non-hydrogen) atoms. The van der Waals surface area contributed by atoms with Crippen LogP contribution in [0, 0.1) is 6.92 Å². The minimum Gasteiger partial charge on any atom is -0.351 e. The second kappa shape index (κ2) is 10.3. The van der Waals surface area contributed by atoms with E-state index in [0.717, 1.165) is 5.56 Å². The lowest BCUT2D eigenvalue weighted by Gasteiger charge is -2.29. The van der Waals surface area contributed by atoms with Crippen molar-refractivity contribution in [2.75, 3.05) is 13.6 Å². The molecular formula is C24H27ClN4O2. The average Bonchev–Trinajstić information content (AvgIpc) is 3.18. The van der Waals surface area contributed by atoms with Crippen LogP contribution in [0.25, 0.3) is 0 Å². The number of amides is 2. The number of hydrogen-bond donors (Lipinski definition) is 1. The second-order valence-electron chi connectivity index (χ2n) is 7.63. The van der Waals surface area contributed by atoms with Gasteiger partial charge in [-0.15, -0.1) is 0 Å². The Morgan fingerprint density at radius 3 is 2.55 bits per heavy atom. The first kappa shape index (κ1) is 22.6. The van der Waals surface area contributed by atoms with E-state index in [4.69, 9.17) is 11.6 Å². The monoisotopic (exact) mass is 438 g/mol.